The lowest BCUT2D eigenvalue weighted by atomic mass is 9.81. The van der Waals surface area contributed by atoms with Crippen LogP contribution in [0.2, 0.25) is 0 Å². The number of ether oxygens (including phenoxy) is 1. The van der Waals surface area contributed by atoms with Crippen molar-refractivity contribution in [2.75, 3.05) is 13.7 Å². The van der Waals surface area contributed by atoms with Gasteiger partial charge in [-0.3, -0.25) is 9.48 Å². The Morgan fingerprint density at radius 1 is 1.45 bits per heavy atom. The van der Waals surface area contributed by atoms with Gasteiger partial charge in [-0.15, -0.1) is 0 Å². The fourth-order valence-corrected chi connectivity index (χ4v) is 3.48. The topological polar surface area (TPSA) is 56.1 Å². The largest absolute Gasteiger partial charge is 0.385 e. The van der Waals surface area contributed by atoms with E-state index in [1.807, 2.05) is 25.5 Å². The van der Waals surface area contributed by atoms with E-state index >= 15 is 0 Å². The molecule has 124 valence electrons. The molecule has 1 fully saturated rings. The third-order valence-corrected chi connectivity index (χ3v) is 4.75. The minimum atomic E-state index is -0.223. The minimum absolute atomic E-state index is 0.0746. The van der Waals surface area contributed by atoms with Gasteiger partial charge in [0.2, 0.25) is 5.91 Å². The highest BCUT2D eigenvalue weighted by Gasteiger charge is 2.40. The highest BCUT2D eigenvalue weighted by molar-refractivity contribution is 5.83. The monoisotopic (exact) mass is 307 g/mol. The third-order valence-electron chi connectivity index (χ3n) is 4.75. The normalized spacial score (nSPS) is 18.4. The zero-order chi connectivity index (χ0) is 16.2. The molecule has 1 aliphatic carbocycles. The van der Waals surface area contributed by atoms with Gasteiger partial charge < -0.3 is 10.1 Å². The summed E-state index contributed by atoms with van der Waals surface area (Å²) in [5.74, 6) is 0.191. The molecule has 1 amide bonds. The number of methoxy groups -OCH3 is 1. The van der Waals surface area contributed by atoms with Gasteiger partial charge in [-0.2, -0.15) is 5.10 Å². The number of nitrogens with one attached hydrogen (secondary N) is 1. The molecule has 1 aromatic heterocycles. The van der Waals surface area contributed by atoms with E-state index < -0.39 is 0 Å². The quantitative estimate of drug-likeness (QED) is 0.842. The highest BCUT2D eigenvalue weighted by Crippen LogP contribution is 2.41. The zero-order valence-electron chi connectivity index (χ0n) is 14.3. The van der Waals surface area contributed by atoms with Crippen molar-refractivity contribution in [3.05, 3.63) is 17.5 Å². The molecular weight excluding hydrogens is 278 g/mol. The van der Waals surface area contributed by atoms with Crippen LogP contribution in [0, 0.1) is 19.3 Å². The average Bonchev–Trinajstić information content (AvgIpc) is 3.05. The second-order valence-electron chi connectivity index (χ2n) is 6.71. The second-order valence-corrected chi connectivity index (χ2v) is 6.71. The Labute approximate surface area is 133 Å². The van der Waals surface area contributed by atoms with Crippen molar-refractivity contribution in [2.24, 2.45) is 5.41 Å². The first-order valence-electron chi connectivity index (χ1n) is 8.28. The lowest BCUT2D eigenvalue weighted by Gasteiger charge is -2.29. The highest BCUT2D eigenvalue weighted by atomic mass is 16.5. The van der Waals surface area contributed by atoms with Crippen molar-refractivity contribution >= 4 is 5.91 Å². The van der Waals surface area contributed by atoms with E-state index in [0.29, 0.717) is 13.2 Å². The number of hydrogen-bond acceptors (Lipinski definition) is 3. The van der Waals surface area contributed by atoms with Crippen molar-refractivity contribution in [1.29, 1.82) is 0 Å². The summed E-state index contributed by atoms with van der Waals surface area (Å²) < 4.78 is 7.17. The first kappa shape index (κ1) is 17.0. The molecule has 22 heavy (non-hydrogen) atoms. The molecule has 0 radical (unpaired) electrons. The molecule has 0 aromatic carbocycles. The van der Waals surface area contributed by atoms with Gasteiger partial charge >= 0.3 is 0 Å². The molecule has 2 rings (SSSR count). The molecule has 1 aromatic rings. The number of carbonyl (C=O) groups excluding carboxylic acids is 1. The second kappa shape index (κ2) is 7.27. The number of carbonyl (C=O) groups is 1. The molecule has 1 N–H and O–H groups in total. The Morgan fingerprint density at radius 3 is 2.68 bits per heavy atom. The lowest BCUT2D eigenvalue weighted by molar-refractivity contribution is -0.132. The van der Waals surface area contributed by atoms with Gasteiger partial charge in [0.05, 0.1) is 17.7 Å². The number of aromatic nitrogens is 2. The van der Waals surface area contributed by atoms with E-state index in [2.05, 4.69) is 16.5 Å². The summed E-state index contributed by atoms with van der Waals surface area (Å²) in [5, 5.41) is 7.67. The number of nitrogens with zero attached hydrogens (tertiary/aromatic N) is 2. The standard InChI is InChI=1S/C17H29N3O2/c1-13-11-15(3)20(19-13)12-14(2)18-16(21)17(9-10-22-4)7-5-6-8-17/h11,14H,5-10,12H2,1-4H3,(H,18,21). The molecule has 1 heterocycles. The molecule has 0 spiro atoms. The number of rotatable bonds is 7. The summed E-state index contributed by atoms with van der Waals surface area (Å²) in [6.07, 6.45) is 5.07. The molecule has 5 heteroatoms. The molecule has 1 atom stereocenters. The SMILES string of the molecule is COCCC1(C(=O)NC(C)Cn2nc(C)cc2C)CCCC1. The van der Waals surface area contributed by atoms with Gasteiger partial charge in [-0.1, -0.05) is 12.8 Å². The Bertz CT molecular complexity index is 504. The van der Waals surface area contributed by atoms with Gasteiger partial charge in [0.1, 0.15) is 0 Å². The molecule has 0 saturated heterocycles. The summed E-state index contributed by atoms with van der Waals surface area (Å²) in [4.78, 5) is 12.8. The van der Waals surface area contributed by atoms with Crippen LogP contribution in [0.4, 0.5) is 0 Å². The molecule has 0 aliphatic heterocycles. The lowest BCUT2D eigenvalue weighted by Crippen LogP contribution is -2.45. The summed E-state index contributed by atoms with van der Waals surface area (Å²) in [7, 11) is 1.70. The summed E-state index contributed by atoms with van der Waals surface area (Å²) >= 11 is 0. The van der Waals surface area contributed by atoms with Crippen LogP contribution in [-0.4, -0.2) is 35.4 Å². The Morgan fingerprint density at radius 2 is 2.14 bits per heavy atom. The molecule has 1 aliphatic rings. The number of amides is 1. The van der Waals surface area contributed by atoms with Gasteiger partial charge in [-0.05, 0) is 46.1 Å². The maximum Gasteiger partial charge on any atom is 0.226 e. The van der Waals surface area contributed by atoms with E-state index in [0.717, 1.165) is 43.5 Å². The Balaban J connectivity index is 1.95. The third kappa shape index (κ3) is 3.88. The fraction of sp³-hybridized carbons (Fsp3) is 0.765. The summed E-state index contributed by atoms with van der Waals surface area (Å²) in [5.41, 5.74) is 1.93. The van der Waals surface area contributed by atoms with Crippen LogP contribution < -0.4 is 5.32 Å². The molecular formula is C17H29N3O2. The van der Waals surface area contributed by atoms with Crippen molar-refractivity contribution in [2.45, 2.75) is 65.5 Å². The molecule has 0 bridgehead atoms. The first-order chi connectivity index (χ1) is 10.5. The van der Waals surface area contributed by atoms with Crippen molar-refractivity contribution in [3.8, 4) is 0 Å². The van der Waals surface area contributed by atoms with E-state index in [1.165, 1.54) is 0 Å². The van der Waals surface area contributed by atoms with Crippen LogP contribution in [0.25, 0.3) is 0 Å². The van der Waals surface area contributed by atoms with E-state index in [1.54, 1.807) is 7.11 Å². The predicted octanol–water partition coefficient (Wildman–Crippen LogP) is 2.60. The van der Waals surface area contributed by atoms with E-state index in [9.17, 15) is 4.79 Å². The molecule has 1 saturated carbocycles. The van der Waals surface area contributed by atoms with E-state index in [4.69, 9.17) is 4.74 Å². The average molecular weight is 307 g/mol. The maximum atomic E-state index is 12.8. The van der Waals surface area contributed by atoms with Gasteiger partial charge in [-0.25, -0.2) is 0 Å². The number of aryl methyl sites for hydroxylation is 2. The van der Waals surface area contributed by atoms with Crippen molar-refractivity contribution in [1.82, 2.24) is 15.1 Å². The maximum absolute atomic E-state index is 12.8. The van der Waals surface area contributed by atoms with Crippen LogP contribution in [0.5, 0.6) is 0 Å². The fourth-order valence-electron chi connectivity index (χ4n) is 3.48. The van der Waals surface area contributed by atoms with Gasteiger partial charge in [0.15, 0.2) is 0 Å². The molecule has 5 nitrogen and oxygen atoms in total. The van der Waals surface area contributed by atoms with Gasteiger partial charge in [0.25, 0.3) is 0 Å². The molecule has 1 unspecified atom stereocenters. The summed E-state index contributed by atoms with van der Waals surface area (Å²) in [6.45, 7) is 7.45. The Hall–Kier alpha value is -1.36. The van der Waals surface area contributed by atoms with Crippen LogP contribution in [0.15, 0.2) is 6.07 Å². The van der Waals surface area contributed by atoms with Crippen LogP contribution in [-0.2, 0) is 16.1 Å². The van der Waals surface area contributed by atoms with Crippen molar-refractivity contribution < 1.29 is 9.53 Å². The minimum Gasteiger partial charge on any atom is -0.385 e. The zero-order valence-corrected chi connectivity index (χ0v) is 14.3. The smallest absolute Gasteiger partial charge is 0.226 e. The van der Waals surface area contributed by atoms with Crippen molar-refractivity contribution in [3.63, 3.8) is 0 Å². The number of hydrogen-bond donors (Lipinski definition) is 1. The Kier molecular flexibility index (Phi) is 5.62. The van der Waals surface area contributed by atoms with Crippen LogP contribution >= 0.6 is 0 Å². The summed E-state index contributed by atoms with van der Waals surface area (Å²) in [6, 6.07) is 2.14. The van der Waals surface area contributed by atoms with Crippen LogP contribution in [0.3, 0.4) is 0 Å². The van der Waals surface area contributed by atoms with E-state index in [-0.39, 0.29) is 17.4 Å². The van der Waals surface area contributed by atoms with Gasteiger partial charge in [0, 0.05) is 25.5 Å². The first-order valence-corrected chi connectivity index (χ1v) is 8.28. The predicted molar refractivity (Wildman–Crippen MR) is 86.7 cm³/mol. The van der Waals surface area contributed by atoms with Crippen LogP contribution in [0.1, 0.15) is 50.4 Å².